The summed E-state index contributed by atoms with van der Waals surface area (Å²) in [5.41, 5.74) is 1.68. The van der Waals surface area contributed by atoms with Crippen LogP contribution in [0.25, 0.3) is 11.1 Å². The minimum atomic E-state index is -0.480. The molecular formula is C19H13ClO3. The standard InChI is InChI=1S/C19H13ClO3/c1-23-19-15(13-10-6-3-7-11-13)17(21)14(16(20)18(19)22)12-8-4-2-5-9-12/h2-11H,1H3. The van der Waals surface area contributed by atoms with E-state index < -0.39 is 5.78 Å². The summed E-state index contributed by atoms with van der Waals surface area (Å²) in [5, 5.41) is -0.113. The van der Waals surface area contributed by atoms with E-state index >= 15 is 0 Å². The van der Waals surface area contributed by atoms with Crippen LogP contribution in [0.4, 0.5) is 0 Å². The molecule has 114 valence electrons. The lowest BCUT2D eigenvalue weighted by molar-refractivity contribution is -0.116. The molecule has 1 aliphatic rings. The highest BCUT2D eigenvalue weighted by Crippen LogP contribution is 2.37. The Hall–Kier alpha value is -2.65. The molecule has 0 atom stereocenters. The van der Waals surface area contributed by atoms with Crippen LogP contribution in [0.3, 0.4) is 0 Å². The molecule has 0 unspecified atom stereocenters. The molecule has 0 fully saturated rings. The number of hydrogen-bond acceptors (Lipinski definition) is 3. The van der Waals surface area contributed by atoms with Crippen molar-refractivity contribution in [3.05, 3.63) is 82.6 Å². The molecule has 3 nitrogen and oxygen atoms in total. The topological polar surface area (TPSA) is 43.4 Å². The first-order valence-corrected chi connectivity index (χ1v) is 7.41. The minimum absolute atomic E-state index is 0.0223. The van der Waals surface area contributed by atoms with Gasteiger partial charge in [-0.05, 0) is 11.1 Å². The van der Waals surface area contributed by atoms with Crippen molar-refractivity contribution in [2.45, 2.75) is 0 Å². The van der Waals surface area contributed by atoms with Gasteiger partial charge >= 0.3 is 0 Å². The highest BCUT2D eigenvalue weighted by atomic mass is 35.5. The molecule has 0 bridgehead atoms. The van der Waals surface area contributed by atoms with Crippen molar-refractivity contribution in [3.8, 4) is 0 Å². The largest absolute Gasteiger partial charge is 0.492 e. The summed E-state index contributed by atoms with van der Waals surface area (Å²) in [6.45, 7) is 0. The third kappa shape index (κ3) is 2.60. The van der Waals surface area contributed by atoms with Gasteiger partial charge in [0, 0.05) is 0 Å². The van der Waals surface area contributed by atoms with Gasteiger partial charge < -0.3 is 4.74 Å². The van der Waals surface area contributed by atoms with Gasteiger partial charge in [-0.15, -0.1) is 0 Å². The Morgan fingerprint density at radius 1 is 0.739 bits per heavy atom. The van der Waals surface area contributed by atoms with E-state index in [-0.39, 0.29) is 27.7 Å². The van der Waals surface area contributed by atoms with Crippen LogP contribution < -0.4 is 0 Å². The summed E-state index contributed by atoms with van der Waals surface area (Å²) in [6.07, 6.45) is 0. The number of ether oxygens (including phenoxy) is 1. The Balaban J connectivity index is 2.22. The van der Waals surface area contributed by atoms with Crippen LogP contribution in [0.2, 0.25) is 0 Å². The van der Waals surface area contributed by atoms with E-state index in [4.69, 9.17) is 16.3 Å². The molecule has 0 heterocycles. The number of allylic oxidation sites excluding steroid dienone is 3. The molecule has 1 aliphatic carbocycles. The van der Waals surface area contributed by atoms with Gasteiger partial charge in [-0.2, -0.15) is 0 Å². The van der Waals surface area contributed by atoms with Crippen molar-refractivity contribution in [2.24, 2.45) is 0 Å². The van der Waals surface area contributed by atoms with Gasteiger partial charge in [-0.1, -0.05) is 72.3 Å². The van der Waals surface area contributed by atoms with E-state index in [1.165, 1.54) is 7.11 Å². The molecular weight excluding hydrogens is 312 g/mol. The van der Waals surface area contributed by atoms with Crippen LogP contribution in [-0.2, 0) is 14.3 Å². The number of hydrogen-bond donors (Lipinski definition) is 0. The third-order valence-corrected chi connectivity index (χ3v) is 4.00. The van der Waals surface area contributed by atoms with Crippen molar-refractivity contribution in [1.29, 1.82) is 0 Å². The summed E-state index contributed by atoms with van der Waals surface area (Å²) >= 11 is 6.18. The van der Waals surface area contributed by atoms with E-state index in [9.17, 15) is 9.59 Å². The van der Waals surface area contributed by atoms with Crippen molar-refractivity contribution in [2.75, 3.05) is 7.11 Å². The summed E-state index contributed by atoms with van der Waals surface area (Å²) in [4.78, 5) is 25.6. The lowest BCUT2D eigenvalue weighted by Gasteiger charge is -2.20. The van der Waals surface area contributed by atoms with E-state index in [0.29, 0.717) is 11.1 Å². The van der Waals surface area contributed by atoms with Crippen LogP contribution in [0, 0.1) is 0 Å². The minimum Gasteiger partial charge on any atom is -0.492 e. The van der Waals surface area contributed by atoms with Gasteiger partial charge in [-0.3, -0.25) is 9.59 Å². The highest BCUT2D eigenvalue weighted by molar-refractivity contribution is 6.61. The lowest BCUT2D eigenvalue weighted by atomic mass is 9.86. The molecule has 0 amide bonds. The highest BCUT2D eigenvalue weighted by Gasteiger charge is 2.36. The third-order valence-electron chi connectivity index (χ3n) is 3.64. The first-order chi connectivity index (χ1) is 11.1. The second-order valence-electron chi connectivity index (χ2n) is 4.99. The van der Waals surface area contributed by atoms with Gasteiger partial charge in [0.15, 0.2) is 11.5 Å². The molecule has 0 radical (unpaired) electrons. The maximum Gasteiger partial charge on any atom is 0.240 e. The molecule has 2 aromatic carbocycles. The first-order valence-electron chi connectivity index (χ1n) is 7.03. The van der Waals surface area contributed by atoms with Gasteiger partial charge in [0.25, 0.3) is 0 Å². The van der Waals surface area contributed by atoms with E-state index in [0.717, 1.165) is 0 Å². The quantitative estimate of drug-likeness (QED) is 0.806. The molecule has 0 N–H and O–H groups in total. The van der Waals surface area contributed by atoms with Gasteiger partial charge in [0.1, 0.15) is 5.03 Å². The summed E-state index contributed by atoms with van der Waals surface area (Å²) < 4.78 is 5.19. The van der Waals surface area contributed by atoms with E-state index in [2.05, 4.69) is 0 Å². The van der Waals surface area contributed by atoms with Crippen molar-refractivity contribution < 1.29 is 14.3 Å². The van der Waals surface area contributed by atoms with Crippen LogP contribution in [0.1, 0.15) is 11.1 Å². The van der Waals surface area contributed by atoms with E-state index in [1.807, 2.05) is 12.1 Å². The molecule has 0 spiro atoms. The van der Waals surface area contributed by atoms with E-state index in [1.54, 1.807) is 48.5 Å². The smallest absolute Gasteiger partial charge is 0.240 e. The van der Waals surface area contributed by atoms with Crippen LogP contribution in [0.15, 0.2) is 71.5 Å². The average Bonchev–Trinajstić information content (AvgIpc) is 2.59. The number of benzene rings is 2. The van der Waals surface area contributed by atoms with Crippen molar-refractivity contribution >= 4 is 34.3 Å². The second kappa shape index (κ2) is 6.23. The molecule has 0 aromatic heterocycles. The van der Waals surface area contributed by atoms with Crippen LogP contribution >= 0.6 is 11.6 Å². The van der Waals surface area contributed by atoms with Crippen LogP contribution in [0.5, 0.6) is 0 Å². The van der Waals surface area contributed by atoms with Crippen LogP contribution in [-0.4, -0.2) is 18.7 Å². The predicted molar refractivity (Wildman–Crippen MR) is 89.6 cm³/mol. The second-order valence-corrected chi connectivity index (χ2v) is 5.37. The zero-order valence-electron chi connectivity index (χ0n) is 12.4. The molecule has 2 aromatic rings. The van der Waals surface area contributed by atoms with Crippen molar-refractivity contribution in [1.82, 2.24) is 0 Å². The molecule has 3 rings (SSSR count). The normalized spacial score (nSPS) is 15.2. The zero-order chi connectivity index (χ0) is 16.4. The van der Waals surface area contributed by atoms with Crippen molar-refractivity contribution in [3.63, 3.8) is 0 Å². The number of halogens is 1. The fourth-order valence-electron chi connectivity index (χ4n) is 2.58. The van der Waals surface area contributed by atoms with Gasteiger partial charge in [0.2, 0.25) is 5.78 Å². The monoisotopic (exact) mass is 324 g/mol. The number of rotatable bonds is 3. The Morgan fingerprint density at radius 3 is 1.70 bits per heavy atom. The number of methoxy groups -OCH3 is 1. The Labute approximate surface area is 138 Å². The van der Waals surface area contributed by atoms with Gasteiger partial charge in [-0.25, -0.2) is 0 Å². The summed E-state index contributed by atoms with van der Waals surface area (Å²) in [7, 11) is 1.36. The molecule has 0 aliphatic heterocycles. The SMILES string of the molecule is COC1=C(c2ccccc2)C(=O)C(c2ccccc2)=C(Cl)C1=O. The Kier molecular flexibility index (Phi) is 4.13. The maximum absolute atomic E-state index is 13.0. The lowest BCUT2D eigenvalue weighted by Crippen LogP contribution is -2.21. The Morgan fingerprint density at radius 2 is 1.22 bits per heavy atom. The molecule has 4 heteroatoms. The number of carbonyl (C=O) groups is 2. The Bertz CT molecular complexity index is 833. The summed E-state index contributed by atoms with van der Waals surface area (Å²) in [5.74, 6) is -0.818. The first kappa shape index (κ1) is 15.3. The molecule has 0 saturated heterocycles. The zero-order valence-corrected chi connectivity index (χ0v) is 13.1. The summed E-state index contributed by atoms with van der Waals surface area (Å²) in [6, 6.07) is 17.9. The molecule has 23 heavy (non-hydrogen) atoms. The predicted octanol–water partition coefficient (Wildman–Crippen LogP) is 3.85. The fourth-order valence-corrected chi connectivity index (χ4v) is 2.86. The number of carbonyl (C=O) groups excluding carboxylic acids is 2. The average molecular weight is 325 g/mol. The number of Topliss-reactive ketones (excluding diaryl/α,β-unsaturated/α-hetero) is 2. The fraction of sp³-hybridized carbons (Fsp3) is 0.0526. The van der Waals surface area contributed by atoms with Gasteiger partial charge in [0.05, 0.1) is 18.3 Å². The number of ketones is 2. The molecule has 0 saturated carbocycles. The maximum atomic E-state index is 13.0.